The fourth-order valence-electron chi connectivity index (χ4n) is 1.21. The van der Waals surface area contributed by atoms with Gasteiger partial charge in [0.15, 0.2) is 0 Å². The molecule has 0 saturated heterocycles. The molecule has 0 amide bonds. The molecule has 2 aromatic rings. The normalized spacial score (nSPS) is 9.06. The first-order chi connectivity index (χ1) is 8.36. The average Bonchev–Trinajstić information content (AvgIpc) is 2.41. The fraction of sp³-hybridized carbons (Fsp3) is 0.143. The van der Waals surface area contributed by atoms with Crippen LogP contribution in [-0.4, -0.2) is 18.3 Å². The highest BCUT2D eigenvalue weighted by Gasteiger charge is 1.89. The standard InChI is InChI=1S/C12H11N.C2H7NO/c1-3-7-11(8-4-1)13-12-9-5-2-6-10-12;3-1-2-4/h1-10,13H;4H,1-3H2. The van der Waals surface area contributed by atoms with E-state index in [1.165, 1.54) is 0 Å². The zero-order chi connectivity index (χ0) is 12.3. The summed E-state index contributed by atoms with van der Waals surface area (Å²) in [6, 6.07) is 20.3. The number of para-hydroxylation sites is 2. The Morgan fingerprint density at radius 3 is 1.47 bits per heavy atom. The Hall–Kier alpha value is -1.84. The number of rotatable bonds is 3. The van der Waals surface area contributed by atoms with Gasteiger partial charge in [0.05, 0.1) is 6.61 Å². The van der Waals surface area contributed by atoms with Crippen molar-refractivity contribution in [2.24, 2.45) is 5.73 Å². The van der Waals surface area contributed by atoms with Crippen LogP contribution in [0.1, 0.15) is 0 Å². The number of nitrogens with two attached hydrogens (primary N) is 1. The maximum Gasteiger partial charge on any atom is 0.0553 e. The van der Waals surface area contributed by atoms with Gasteiger partial charge in [-0.1, -0.05) is 36.4 Å². The average molecular weight is 230 g/mol. The highest BCUT2D eigenvalue weighted by Crippen LogP contribution is 2.14. The minimum absolute atomic E-state index is 0.0972. The number of hydrogen-bond acceptors (Lipinski definition) is 3. The maximum atomic E-state index is 7.75. The molecule has 0 saturated carbocycles. The summed E-state index contributed by atoms with van der Waals surface area (Å²) in [5.74, 6) is 0. The van der Waals surface area contributed by atoms with Crippen molar-refractivity contribution >= 4 is 11.4 Å². The molecule has 0 atom stereocenters. The van der Waals surface area contributed by atoms with Crippen LogP contribution in [0.3, 0.4) is 0 Å². The zero-order valence-electron chi connectivity index (χ0n) is 9.71. The summed E-state index contributed by atoms with van der Waals surface area (Å²) in [5, 5.41) is 11.1. The number of anilines is 2. The van der Waals surface area contributed by atoms with Crippen molar-refractivity contribution < 1.29 is 5.11 Å². The Balaban J connectivity index is 0.000000317. The van der Waals surface area contributed by atoms with Gasteiger partial charge in [0.2, 0.25) is 0 Å². The third-order valence-electron chi connectivity index (χ3n) is 1.97. The maximum absolute atomic E-state index is 7.75. The summed E-state index contributed by atoms with van der Waals surface area (Å²) in [6.07, 6.45) is 0. The summed E-state index contributed by atoms with van der Waals surface area (Å²) in [4.78, 5) is 0. The van der Waals surface area contributed by atoms with Gasteiger partial charge in [0.1, 0.15) is 0 Å². The molecular weight excluding hydrogens is 212 g/mol. The number of aliphatic hydroxyl groups excluding tert-OH is 1. The van der Waals surface area contributed by atoms with Crippen molar-refractivity contribution in [1.29, 1.82) is 0 Å². The van der Waals surface area contributed by atoms with Crippen LogP contribution in [0.25, 0.3) is 0 Å². The van der Waals surface area contributed by atoms with Crippen molar-refractivity contribution in [2.75, 3.05) is 18.5 Å². The molecule has 0 heterocycles. The zero-order valence-corrected chi connectivity index (χ0v) is 9.71. The first-order valence-corrected chi connectivity index (χ1v) is 5.55. The molecule has 90 valence electrons. The summed E-state index contributed by atoms with van der Waals surface area (Å²) in [5.41, 5.74) is 7.02. The Bertz CT molecular complexity index is 350. The monoisotopic (exact) mass is 230 g/mol. The molecule has 4 N–H and O–H groups in total. The van der Waals surface area contributed by atoms with E-state index in [9.17, 15) is 0 Å². The fourth-order valence-corrected chi connectivity index (χ4v) is 1.21. The smallest absolute Gasteiger partial charge is 0.0553 e. The lowest BCUT2D eigenvalue weighted by Crippen LogP contribution is -2.02. The van der Waals surface area contributed by atoms with Gasteiger partial charge in [0.25, 0.3) is 0 Å². The molecule has 0 aromatic heterocycles. The number of hydrogen-bond donors (Lipinski definition) is 3. The van der Waals surface area contributed by atoms with Crippen molar-refractivity contribution in [2.45, 2.75) is 0 Å². The second-order valence-electron chi connectivity index (χ2n) is 3.37. The molecule has 0 aliphatic rings. The number of benzene rings is 2. The lowest BCUT2D eigenvalue weighted by molar-refractivity contribution is 0.306. The van der Waals surface area contributed by atoms with Crippen molar-refractivity contribution in [3.05, 3.63) is 60.7 Å². The molecular formula is C14H18N2O. The first-order valence-electron chi connectivity index (χ1n) is 5.55. The molecule has 2 rings (SSSR count). The van der Waals surface area contributed by atoms with Crippen molar-refractivity contribution in [3.63, 3.8) is 0 Å². The first kappa shape index (κ1) is 13.2. The molecule has 3 nitrogen and oxygen atoms in total. The van der Waals surface area contributed by atoms with Crippen molar-refractivity contribution in [1.82, 2.24) is 0 Å². The molecule has 0 fully saturated rings. The quantitative estimate of drug-likeness (QED) is 0.758. The lowest BCUT2D eigenvalue weighted by atomic mass is 10.3. The third-order valence-corrected chi connectivity index (χ3v) is 1.97. The largest absolute Gasteiger partial charge is 0.395 e. The number of nitrogens with one attached hydrogen (secondary N) is 1. The molecule has 2 aromatic carbocycles. The Labute approximate surface area is 102 Å². The summed E-state index contributed by atoms with van der Waals surface area (Å²) >= 11 is 0. The van der Waals surface area contributed by atoms with Crippen LogP contribution in [0, 0.1) is 0 Å². The number of aliphatic hydroxyl groups is 1. The predicted octanol–water partition coefficient (Wildman–Crippen LogP) is 2.37. The minimum Gasteiger partial charge on any atom is -0.395 e. The van der Waals surface area contributed by atoms with Gasteiger partial charge in [-0.25, -0.2) is 0 Å². The molecule has 0 aliphatic carbocycles. The van der Waals surface area contributed by atoms with Gasteiger partial charge >= 0.3 is 0 Å². The van der Waals surface area contributed by atoms with E-state index in [0.29, 0.717) is 6.54 Å². The highest BCUT2D eigenvalue weighted by atomic mass is 16.3. The Kier molecular flexibility index (Phi) is 6.48. The van der Waals surface area contributed by atoms with Crippen LogP contribution in [0.15, 0.2) is 60.7 Å². The van der Waals surface area contributed by atoms with Crippen LogP contribution in [-0.2, 0) is 0 Å². The molecule has 0 unspecified atom stereocenters. The van der Waals surface area contributed by atoms with E-state index >= 15 is 0 Å². The van der Waals surface area contributed by atoms with Crippen molar-refractivity contribution in [3.8, 4) is 0 Å². The van der Waals surface area contributed by atoms with E-state index in [1.54, 1.807) is 0 Å². The van der Waals surface area contributed by atoms with Crippen LogP contribution in [0.2, 0.25) is 0 Å². The van der Waals surface area contributed by atoms with Gasteiger partial charge in [-0.05, 0) is 24.3 Å². The van der Waals surface area contributed by atoms with Crippen LogP contribution < -0.4 is 11.1 Å². The van der Waals surface area contributed by atoms with Crippen LogP contribution in [0.5, 0.6) is 0 Å². The summed E-state index contributed by atoms with van der Waals surface area (Å²) in [7, 11) is 0. The Morgan fingerprint density at radius 1 is 0.824 bits per heavy atom. The minimum atomic E-state index is 0.0972. The van der Waals surface area contributed by atoms with E-state index in [1.807, 2.05) is 60.7 Å². The second-order valence-corrected chi connectivity index (χ2v) is 3.37. The molecule has 17 heavy (non-hydrogen) atoms. The van der Waals surface area contributed by atoms with E-state index in [-0.39, 0.29) is 6.61 Å². The van der Waals surface area contributed by atoms with Gasteiger partial charge in [-0.2, -0.15) is 0 Å². The lowest BCUT2D eigenvalue weighted by Gasteiger charge is -2.04. The molecule has 0 bridgehead atoms. The van der Waals surface area contributed by atoms with Gasteiger partial charge in [-0.3, -0.25) is 0 Å². The van der Waals surface area contributed by atoms with Gasteiger partial charge < -0.3 is 16.2 Å². The third kappa shape index (κ3) is 5.70. The molecule has 3 heteroatoms. The summed E-state index contributed by atoms with van der Waals surface area (Å²) < 4.78 is 0. The predicted molar refractivity (Wildman–Crippen MR) is 72.3 cm³/mol. The van der Waals surface area contributed by atoms with Crippen LogP contribution >= 0.6 is 0 Å². The topological polar surface area (TPSA) is 58.3 Å². The molecule has 0 aliphatic heterocycles. The highest BCUT2D eigenvalue weighted by molar-refractivity contribution is 5.58. The van der Waals surface area contributed by atoms with Gasteiger partial charge in [-0.15, -0.1) is 0 Å². The molecule has 0 radical (unpaired) electrons. The van der Waals surface area contributed by atoms with E-state index in [4.69, 9.17) is 10.8 Å². The SMILES string of the molecule is NCCO.c1ccc(Nc2ccccc2)cc1. The Morgan fingerprint density at radius 2 is 1.18 bits per heavy atom. The summed E-state index contributed by atoms with van der Waals surface area (Å²) in [6.45, 7) is 0.472. The van der Waals surface area contributed by atoms with E-state index in [0.717, 1.165) is 11.4 Å². The second kappa shape index (κ2) is 8.33. The molecule has 0 spiro atoms. The van der Waals surface area contributed by atoms with Gasteiger partial charge in [0, 0.05) is 17.9 Å². The van der Waals surface area contributed by atoms with Crippen LogP contribution in [0.4, 0.5) is 11.4 Å². The van der Waals surface area contributed by atoms with E-state index < -0.39 is 0 Å². The van der Waals surface area contributed by atoms with E-state index in [2.05, 4.69) is 5.32 Å².